The molecule has 0 aromatic heterocycles. The number of carbonyl (C=O) groups excluding carboxylic acids is 2. The Hall–Kier alpha value is -1.06. The Morgan fingerprint density at radius 3 is 2.61 bits per heavy atom. The van der Waals surface area contributed by atoms with Crippen LogP contribution in [0.15, 0.2) is 0 Å². The molecule has 4 heteroatoms. The summed E-state index contributed by atoms with van der Waals surface area (Å²) in [5.41, 5.74) is 0.0542. The second kappa shape index (κ2) is 5.72. The largest absolute Gasteiger partial charge is 0.356 e. The molecule has 1 aliphatic heterocycles. The first-order chi connectivity index (χ1) is 8.66. The van der Waals surface area contributed by atoms with E-state index in [9.17, 15) is 9.59 Å². The molecule has 0 bridgehead atoms. The standard InChI is InChI=1S/C14H24N2O2/c1-2-15-12(17)9-11-14(10-13(18)16-11)7-5-3-4-6-8-14/h11H,2-10H2,1H3,(H,15,17)(H,16,18). The summed E-state index contributed by atoms with van der Waals surface area (Å²) in [4.78, 5) is 23.5. The van der Waals surface area contributed by atoms with Crippen molar-refractivity contribution in [3.05, 3.63) is 0 Å². The van der Waals surface area contributed by atoms with Crippen molar-refractivity contribution in [3.8, 4) is 0 Å². The lowest BCUT2D eigenvalue weighted by molar-refractivity contribution is -0.122. The third-order valence-electron chi connectivity index (χ3n) is 4.45. The van der Waals surface area contributed by atoms with Crippen molar-refractivity contribution in [1.29, 1.82) is 0 Å². The molecule has 2 rings (SSSR count). The number of hydrogen-bond donors (Lipinski definition) is 2. The highest BCUT2D eigenvalue weighted by atomic mass is 16.2. The summed E-state index contributed by atoms with van der Waals surface area (Å²) in [5, 5.41) is 5.87. The molecular formula is C14H24N2O2. The summed E-state index contributed by atoms with van der Waals surface area (Å²) in [6, 6.07) is 0.0506. The molecule has 102 valence electrons. The fraction of sp³-hybridized carbons (Fsp3) is 0.857. The first-order valence-corrected chi connectivity index (χ1v) is 7.22. The van der Waals surface area contributed by atoms with Gasteiger partial charge in [0.05, 0.1) is 0 Å². The Morgan fingerprint density at radius 2 is 2.00 bits per heavy atom. The summed E-state index contributed by atoms with van der Waals surface area (Å²) >= 11 is 0. The predicted octanol–water partition coefficient (Wildman–Crippen LogP) is 1.74. The molecule has 1 spiro atoms. The Balaban J connectivity index is 2.05. The van der Waals surface area contributed by atoms with Gasteiger partial charge in [-0.2, -0.15) is 0 Å². The van der Waals surface area contributed by atoms with E-state index in [1.165, 1.54) is 25.7 Å². The maximum Gasteiger partial charge on any atom is 0.222 e. The van der Waals surface area contributed by atoms with Crippen LogP contribution in [0, 0.1) is 5.41 Å². The molecule has 0 aromatic rings. The summed E-state index contributed by atoms with van der Waals surface area (Å²) in [6.45, 7) is 2.58. The predicted molar refractivity (Wildman–Crippen MR) is 70.0 cm³/mol. The van der Waals surface area contributed by atoms with Crippen molar-refractivity contribution < 1.29 is 9.59 Å². The SMILES string of the molecule is CCNC(=O)CC1NC(=O)CC12CCCCCC2. The van der Waals surface area contributed by atoms with E-state index in [4.69, 9.17) is 0 Å². The van der Waals surface area contributed by atoms with E-state index in [1.54, 1.807) is 0 Å². The molecule has 0 aromatic carbocycles. The molecule has 18 heavy (non-hydrogen) atoms. The van der Waals surface area contributed by atoms with E-state index in [2.05, 4.69) is 10.6 Å². The zero-order valence-corrected chi connectivity index (χ0v) is 11.3. The maximum absolute atomic E-state index is 11.8. The van der Waals surface area contributed by atoms with Gasteiger partial charge in [0, 0.05) is 25.4 Å². The minimum atomic E-state index is 0.0506. The van der Waals surface area contributed by atoms with Crippen LogP contribution >= 0.6 is 0 Å². The van der Waals surface area contributed by atoms with Gasteiger partial charge in [-0.25, -0.2) is 0 Å². The minimum Gasteiger partial charge on any atom is -0.356 e. The van der Waals surface area contributed by atoms with E-state index in [0.717, 1.165) is 12.8 Å². The van der Waals surface area contributed by atoms with Crippen LogP contribution in [0.4, 0.5) is 0 Å². The first kappa shape index (κ1) is 13.4. The van der Waals surface area contributed by atoms with Crippen LogP contribution < -0.4 is 10.6 Å². The summed E-state index contributed by atoms with van der Waals surface area (Å²) in [5.74, 6) is 0.194. The highest BCUT2D eigenvalue weighted by Crippen LogP contribution is 2.45. The van der Waals surface area contributed by atoms with Crippen LogP contribution in [0.2, 0.25) is 0 Å². The van der Waals surface area contributed by atoms with Crippen LogP contribution in [0.3, 0.4) is 0 Å². The van der Waals surface area contributed by atoms with E-state index in [1.807, 2.05) is 6.92 Å². The fourth-order valence-corrected chi connectivity index (χ4v) is 3.52. The third kappa shape index (κ3) is 2.85. The molecule has 1 atom stereocenters. The van der Waals surface area contributed by atoms with Crippen molar-refractivity contribution in [3.63, 3.8) is 0 Å². The number of carbonyl (C=O) groups is 2. The number of nitrogens with one attached hydrogen (secondary N) is 2. The Kier molecular flexibility index (Phi) is 4.25. The lowest BCUT2D eigenvalue weighted by atomic mass is 9.73. The Bertz CT molecular complexity index is 320. The zero-order chi connectivity index (χ0) is 13.0. The van der Waals surface area contributed by atoms with Crippen molar-refractivity contribution in [1.82, 2.24) is 10.6 Å². The topological polar surface area (TPSA) is 58.2 Å². The maximum atomic E-state index is 11.8. The molecule has 2 fully saturated rings. The number of amides is 2. The Morgan fingerprint density at radius 1 is 1.33 bits per heavy atom. The van der Waals surface area contributed by atoms with Crippen molar-refractivity contribution in [2.75, 3.05) is 6.54 Å². The van der Waals surface area contributed by atoms with Gasteiger partial charge in [0.1, 0.15) is 0 Å². The van der Waals surface area contributed by atoms with Gasteiger partial charge in [-0.1, -0.05) is 25.7 Å². The van der Waals surface area contributed by atoms with Crippen LogP contribution in [0.1, 0.15) is 58.3 Å². The van der Waals surface area contributed by atoms with Crippen molar-refractivity contribution in [2.45, 2.75) is 64.3 Å². The van der Waals surface area contributed by atoms with Gasteiger partial charge in [-0.15, -0.1) is 0 Å². The normalized spacial score (nSPS) is 26.7. The molecule has 0 radical (unpaired) electrons. The minimum absolute atomic E-state index is 0.0506. The average Bonchev–Trinajstić information content (AvgIpc) is 2.51. The van der Waals surface area contributed by atoms with Crippen LogP contribution in [-0.4, -0.2) is 24.4 Å². The van der Waals surface area contributed by atoms with Crippen molar-refractivity contribution >= 4 is 11.8 Å². The lowest BCUT2D eigenvalue weighted by Crippen LogP contribution is -2.41. The second-order valence-corrected chi connectivity index (χ2v) is 5.73. The van der Waals surface area contributed by atoms with Gasteiger partial charge >= 0.3 is 0 Å². The van der Waals surface area contributed by atoms with Crippen LogP contribution in [0.25, 0.3) is 0 Å². The molecule has 1 aliphatic carbocycles. The quantitative estimate of drug-likeness (QED) is 0.804. The average molecular weight is 252 g/mol. The van der Waals surface area contributed by atoms with E-state index in [-0.39, 0.29) is 23.3 Å². The summed E-state index contributed by atoms with van der Waals surface area (Å²) in [7, 11) is 0. The van der Waals surface area contributed by atoms with Gasteiger partial charge in [0.25, 0.3) is 0 Å². The molecule has 2 aliphatic rings. The van der Waals surface area contributed by atoms with Gasteiger partial charge in [-0.3, -0.25) is 9.59 Å². The smallest absolute Gasteiger partial charge is 0.222 e. The molecule has 1 heterocycles. The van der Waals surface area contributed by atoms with Crippen molar-refractivity contribution in [2.24, 2.45) is 5.41 Å². The summed E-state index contributed by atoms with van der Waals surface area (Å²) in [6.07, 6.45) is 8.18. The molecule has 2 amide bonds. The lowest BCUT2D eigenvalue weighted by Gasteiger charge is -2.32. The van der Waals surface area contributed by atoms with Gasteiger partial charge in [-0.05, 0) is 25.2 Å². The molecule has 1 unspecified atom stereocenters. The molecule has 2 N–H and O–H groups in total. The van der Waals surface area contributed by atoms with E-state index in [0.29, 0.717) is 19.4 Å². The van der Waals surface area contributed by atoms with Gasteiger partial charge in [0.2, 0.25) is 11.8 Å². The highest BCUT2D eigenvalue weighted by molar-refractivity contribution is 5.83. The van der Waals surface area contributed by atoms with Crippen LogP contribution in [-0.2, 0) is 9.59 Å². The summed E-state index contributed by atoms with van der Waals surface area (Å²) < 4.78 is 0. The molecule has 1 saturated carbocycles. The van der Waals surface area contributed by atoms with Gasteiger partial charge < -0.3 is 10.6 Å². The third-order valence-corrected chi connectivity index (χ3v) is 4.45. The molecular weight excluding hydrogens is 228 g/mol. The zero-order valence-electron chi connectivity index (χ0n) is 11.3. The second-order valence-electron chi connectivity index (χ2n) is 5.73. The van der Waals surface area contributed by atoms with Crippen LogP contribution in [0.5, 0.6) is 0 Å². The highest BCUT2D eigenvalue weighted by Gasteiger charge is 2.46. The first-order valence-electron chi connectivity index (χ1n) is 7.22. The van der Waals surface area contributed by atoms with E-state index >= 15 is 0 Å². The molecule has 1 saturated heterocycles. The van der Waals surface area contributed by atoms with E-state index < -0.39 is 0 Å². The number of hydrogen-bond acceptors (Lipinski definition) is 2. The van der Waals surface area contributed by atoms with Gasteiger partial charge in [0.15, 0.2) is 0 Å². The Labute approximate surface area is 109 Å². The fourth-order valence-electron chi connectivity index (χ4n) is 3.52. The number of rotatable bonds is 3. The molecule has 4 nitrogen and oxygen atoms in total. The monoisotopic (exact) mass is 252 g/mol.